The van der Waals surface area contributed by atoms with Gasteiger partial charge in [-0.1, -0.05) is 50.2 Å². The number of nitrogens with one attached hydrogen (secondary N) is 1. The van der Waals surface area contributed by atoms with Gasteiger partial charge >= 0.3 is 0 Å². The molecule has 1 fully saturated rings. The molecule has 0 aromatic heterocycles. The minimum atomic E-state index is -3.50. The van der Waals surface area contributed by atoms with Crippen molar-refractivity contribution in [2.75, 3.05) is 51.7 Å². The summed E-state index contributed by atoms with van der Waals surface area (Å²) in [6, 6.07) is 14.7. The molecule has 180 valence electrons. The van der Waals surface area contributed by atoms with Crippen LogP contribution in [0.25, 0.3) is 0 Å². The summed E-state index contributed by atoms with van der Waals surface area (Å²) in [6.45, 7) is 8.10. The Balaban J connectivity index is 1.82. The smallest absolute Gasteiger partial charge is 0.282 e. The van der Waals surface area contributed by atoms with E-state index in [1.165, 1.54) is 8.61 Å². The third-order valence-electron chi connectivity index (χ3n) is 5.97. The van der Waals surface area contributed by atoms with Crippen LogP contribution in [0.3, 0.4) is 0 Å². The number of nitrogens with zero attached hydrogens (tertiary/aromatic N) is 3. The van der Waals surface area contributed by atoms with E-state index in [-0.39, 0.29) is 5.91 Å². The first kappa shape index (κ1) is 25.2. The van der Waals surface area contributed by atoms with Crippen molar-refractivity contribution in [3.63, 3.8) is 0 Å². The number of amides is 1. The standard InChI is InChI=1S/C24H34N4O4S/c1-5-27(6-2)33(30,31)28-16-14-26(15-17-28)23(20-10-8-7-9-11-20)24(29)25-21-18-19(3)12-13-22(21)32-4/h7-13,18,23H,5-6,14-17H2,1-4H3,(H,25,29). The molecule has 1 N–H and O–H groups in total. The number of hydrogen-bond acceptors (Lipinski definition) is 5. The van der Waals surface area contributed by atoms with Gasteiger partial charge in [-0.3, -0.25) is 9.69 Å². The maximum atomic E-state index is 13.5. The predicted octanol–water partition coefficient (Wildman–Crippen LogP) is 2.89. The average Bonchev–Trinajstić information content (AvgIpc) is 2.81. The molecule has 1 amide bonds. The van der Waals surface area contributed by atoms with Crippen LogP contribution < -0.4 is 10.1 Å². The second kappa shape index (κ2) is 11.1. The number of piperazine rings is 1. The van der Waals surface area contributed by atoms with E-state index in [1.54, 1.807) is 7.11 Å². The molecular formula is C24H34N4O4S. The van der Waals surface area contributed by atoms with Crippen LogP contribution in [0.2, 0.25) is 0 Å². The summed E-state index contributed by atoms with van der Waals surface area (Å²) in [7, 11) is -1.92. The third kappa shape index (κ3) is 5.73. The van der Waals surface area contributed by atoms with Crippen molar-refractivity contribution in [3.8, 4) is 5.75 Å². The Hall–Kier alpha value is -2.46. The average molecular weight is 475 g/mol. The van der Waals surface area contributed by atoms with Crippen molar-refractivity contribution < 1.29 is 17.9 Å². The Labute approximate surface area is 197 Å². The number of carbonyl (C=O) groups excluding carboxylic acids is 1. The van der Waals surface area contributed by atoms with E-state index in [2.05, 4.69) is 5.32 Å². The van der Waals surface area contributed by atoms with Crippen molar-refractivity contribution in [3.05, 3.63) is 59.7 Å². The number of hydrogen-bond donors (Lipinski definition) is 1. The second-order valence-electron chi connectivity index (χ2n) is 8.03. The molecule has 1 aliphatic heterocycles. The summed E-state index contributed by atoms with van der Waals surface area (Å²) in [5.41, 5.74) is 2.49. The molecule has 2 aromatic rings. The maximum Gasteiger partial charge on any atom is 0.282 e. The van der Waals surface area contributed by atoms with Gasteiger partial charge in [0.25, 0.3) is 10.2 Å². The monoisotopic (exact) mass is 474 g/mol. The molecule has 1 heterocycles. The lowest BCUT2D eigenvalue weighted by atomic mass is 10.0. The van der Waals surface area contributed by atoms with E-state index >= 15 is 0 Å². The SMILES string of the molecule is CCN(CC)S(=O)(=O)N1CCN(C(C(=O)Nc2cc(C)ccc2OC)c2ccccc2)CC1. The minimum Gasteiger partial charge on any atom is -0.495 e. The number of ether oxygens (including phenoxy) is 1. The normalized spacial score (nSPS) is 16.5. The Kier molecular flexibility index (Phi) is 8.47. The van der Waals surface area contributed by atoms with Gasteiger partial charge in [0, 0.05) is 39.3 Å². The van der Waals surface area contributed by atoms with E-state index in [0.717, 1.165) is 11.1 Å². The molecule has 1 saturated heterocycles. The summed E-state index contributed by atoms with van der Waals surface area (Å²) in [5.74, 6) is 0.418. The molecule has 0 saturated carbocycles. The van der Waals surface area contributed by atoms with Crippen LogP contribution in [-0.2, 0) is 15.0 Å². The van der Waals surface area contributed by atoms with Gasteiger partial charge in [0.1, 0.15) is 11.8 Å². The number of methoxy groups -OCH3 is 1. The van der Waals surface area contributed by atoms with Gasteiger partial charge in [0.2, 0.25) is 5.91 Å². The highest BCUT2D eigenvalue weighted by Crippen LogP contribution is 2.29. The molecule has 0 bridgehead atoms. The van der Waals surface area contributed by atoms with E-state index in [0.29, 0.717) is 50.7 Å². The molecule has 1 unspecified atom stereocenters. The first-order valence-corrected chi connectivity index (χ1v) is 12.7. The van der Waals surface area contributed by atoms with Gasteiger partial charge in [-0.15, -0.1) is 0 Å². The predicted molar refractivity (Wildman–Crippen MR) is 131 cm³/mol. The second-order valence-corrected chi connectivity index (χ2v) is 9.96. The van der Waals surface area contributed by atoms with Gasteiger partial charge in [-0.25, -0.2) is 0 Å². The summed E-state index contributed by atoms with van der Waals surface area (Å²) in [4.78, 5) is 15.6. The first-order chi connectivity index (χ1) is 15.8. The zero-order valence-corrected chi connectivity index (χ0v) is 20.6. The lowest BCUT2D eigenvalue weighted by molar-refractivity contribution is -0.122. The Morgan fingerprint density at radius 2 is 1.70 bits per heavy atom. The fourth-order valence-electron chi connectivity index (χ4n) is 4.19. The zero-order chi connectivity index (χ0) is 24.0. The molecule has 0 aliphatic carbocycles. The van der Waals surface area contributed by atoms with Crippen LogP contribution in [0.1, 0.15) is 31.0 Å². The number of anilines is 1. The van der Waals surface area contributed by atoms with Crippen molar-refractivity contribution >= 4 is 21.8 Å². The highest BCUT2D eigenvalue weighted by Gasteiger charge is 2.35. The number of carbonyl (C=O) groups is 1. The number of benzene rings is 2. The van der Waals surface area contributed by atoms with Crippen molar-refractivity contribution in [2.45, 2.75) is 26.8 Å². The molecule has 3 rings (SSSR count). The summed E-state index contributed by atoms with van der Waals surface area (Å²) < 4.78 is 34.2. The Bertz CT molecular complexity index is 1030. The molecule has 1 aliphatic rings. The molecule has 8 nitrogen and oxygen atoms in total. The molecule has 9 heteroatoms. The first-order valence-electron chi connectivity index (χ1n) is 11.3. The number of rotatable bonds is 9. The quantitative estimate of drug-likeness (QED) is 0.604. The fraction of sp³-hybridized carbons (Fsp3) is 0.458. The van der Waals surface area contributed by atoms with Crippen LogP contribution >= 0.6 is 0 Å². The molecule has 1 atom stereocenters. The van der Waals surface area contributed by atoms with Crippen LogP contribution in [-0.4, -0.2) is 74.2 Å². The van der Waals surface area contributed by atoms with Crippen molar-refractivity contribution in [1.82, 2.24) is 13.5 Å². The topological polar surface area (TPSA) is 82.2 Å². The van der Waals surface area contributed by atoms with Gasteiger partial charge in [0.15, 0.2) is 0 Å². The summed E-state index contributed by atoms with van der Waals surface area (Å²) >= 11 is 0. The maximum absolute atomic E-state index is 13.5. The largest absolute Gasteiger partial charge is 0.495 e. The minimum absolute atomic E-state index is 0.176. The van der Waals surface area contributed by atoms with Crippen LogP contribution in [0, 0.1) is 6.92 Å². The van der Waals surface area contributed by atoms with Gasteiger partial charge in [0.05, 0.1) is 12.8 Å². The third-order valence-corrected chi connectivity index (χ3v) is 8.16. The van der Waals surface area contributed by atoms with Crippen molar-refractivity contribution in [2.24, 2.45) is 0 Å². The van der Waals surface area contributed by atoms with E-state index in [4.69, 9.17) is 4.74 Å². The zero-order valence-electron chi connectivity index (χ0n) is 19.8. The Morgan fingerprint density at radius 1 is 1.06 bits per heavy atom. The van der Waals surface area contributed by atoms with Gasteiger partial charge < -0.3 is 10.1 Å². The summed E-state index contributed by atoms with van der Waals surface area (Å²) in [6.07, 6.45) is 0. The molecule has 0 radical (unpaired) electrons. The number of aryl methyl sites for hydroxylation is 1. The van der Waals surface area contributed by atoms with Crippen LogP contribution in [0.15, 0.2) is 48.5 Å². The van der Waals surface area contributed by atoms with Crippen LogP contribution in [0.4, 0.5) is 5.69 Å². The molecule has 33 heavy (non-hydrogen) atoms. The van der Waals surface area contributed by atoms with Gasteiger partial charge in [-0.2, -0.15) is 17.0 Å². The molecular weight excluding hydrogens is 440 g/mol. The lowest BCUT2D eigenvalue weighted by Crippen LogP contribution is -2.54. The highest BCUT2D eigenvalue weighted by molar-refractivity contribution is 7.86. The molecule has 2 aromatic carbocycles. The van der Waals surface area contributed by atoms with E-state index in [1.807, 2.05) is 74.2 Å². The Morgan fingerprint density at radius 3 is 2.27 bits per heavy atom. The summed E-state index contributed by atoms with van der Waals surface area (Å²) in [5, 5.41) is 3.03. The fourth-order valence-corrected chi connectivity index (χ4v) is 5.79. The van der Waals surface area contributed by atoms with Crippen LogP contribution in [0.5, 0.6) is 5.75 Å². The van der Waals surface area contributed by atoms with Gasteiger partial charge in [-0.05, 0) is 30.2 Å². The lowest BCUT2D eigenvalue weighted by Gasteiger charge is -2.39. The van der Waals surface area contributed by atoms with E-state index in [9.17, 15) is 13.2 Å². The highest BCUT2D eigenvalue weighted by atomic mass is 32.2. The van der Waals surface area contributed by atoms with Crippen molar-refractivity contribution in [1.29, 1.82) is 0 Å². The molecule has 0 spiro atoms. The van der Waals surface area contributed by atoms with E-state index < -0.39 is 16.3 Å².